The molecule has 0 saturated heterocycles. The van der Waals surface area contributed by atoms with Crippen LogP contribution >= 0.6 is 0 Å². The lowest BCUT2D eigenvalue weighted by atomic mass is 10.2. The lowest BCUT2D eigenvalue weighted by molar-refractivity contribution is -0.137. The number of rotatable bonds is 4. The van der Waals surface area contributed by atoms with Crippen molar-refractivity contribution in [1.29, 1.82) is 0 Å². The van der Waals surface area contributed by atoms with Crippen LogP contribution in [0.4, 0.5) is 30.2 Å². The number of para-hydroxylation sites is 1. The number of carbonyl (C=O) groups excluding carboxylic acids is 1. The number of hydrogen-bond donors (Lipinski definition) is 2. The molecule has 0 spiro atoms. The van der Waals surface area contributed by atoms with E-state index in [1.165, 1.54) is 24.4 Å². The van der Waals surface area contributed by atoms with Crippen LogP contribution in [0.15, 0.2) is 66.9 Å². The second-order valence-electron chi connectivity index (χ2n) is 5.90. The number of nitrogens with zero attached hydrogens (tertiary/aromatic N) is 1. The number of pyridine rings is 1. The first kappa shape index (κ1) is 18.4. The predicted octanol–water partition coefficient (Wildman–Crippen LogP) is 5.40. The maximum Gasteiger partial charge on any atom is 0.416 e. The van der Waals surface area contributed by atoms with Gasteiger partial charge in [0, 0.05) is 23.3 Å². The number of anilines is 3. The molecule has 27 heavy (non-hydrogen) atoms. The minimum atomic E-state index is -4.48. The third-order valence-electron chi connectivity index (χ3n) is 3.86. The monoisotopic (exact) mass is 371 g/mol. The highest BCUT2D eigenvalue weighted by Gasteiger charge is 2.30. The van der Waals surface area contributed by atoms with Crippen LogP contribution in [-0.4, -0.2) is 10.9 Å². The fraction of sp³-hybridized carbons (Fsp3) is 0.100. The van der Waals surface area contributed by atoms with E-state index in [0.717, 1.165) is 23.4 Å². The minimum absolute atomic E-state index is 0.0499. The van der Waals surface area contributed by atoms with E-state index in [-0.39, 0.29) is 11.4 Å². The molecule has 3 rings (SSSR count). The zero-order valence-electron chi connectivity index (χ0n) is 14.3. The fourth-order valence-corrected chi connectivity index (χ4v) is 2.47. The minimum Gasteiger partial charge on any atom is -0.355 e. The van der Waals surface area contributed by atoms with Crippen molar-refractivity contribution >= 4 is 23.0 Å². The first-order chi connectivity index (χ1) is 12.8. The third kappa shape index (κ3) is 4.63. The fourth-order valence-electron chi connectivity index (χ4n) is 2.47. The summed E-state index contributed by atoms with van der Waals surface area (Å²) >= 11 is 0. The Kier molecular flexibility index (Phi) is 5.12. The van der Waals surface area contributed by atoms with Crippen LogP contribution in [0.1, 0.15) is 21.6 Å². The van der Waals surface area contributed by atoms with Crippen molar-refractivity contribution in [2.75, 3.05) is 10.6 Å². The van der Waals surface area contributed by atoms with Gasteiger partial charge in [0.2, 0.25) is 0 Å². The highest BCUT2D eigenvalue weighted by molar-refractivity contribution is 6.03. The lowest BCUT2D eigenvalue weighted by Crippen LogP contribution is -2.14. The SMILES string of the molecule is Cc1ccccc1Nc1ccnc(C(=O)Nc2cccc(C(F)(F)F)c2)c1. The molecule has 3 aromatic rings. The van der Waals surface area contributed by atoms with Gasteiger partial charge in [-0.1, -0.05) is 24.3 Å². The second-order valence-corrected chi connectivity index (χ2v) is 5.90. The van der Waals surface area contributed by atoms with Crippen LogP contribution in [0.25, 0.3) is 0 Å². The van der Waals surface area contributed by atoms with E-state index in [4.69, 9.17) is 0 Å². The number of aryl methyl sites for hydroxylation is 1. The quantitative estimate of drug-likeness (QED) is 0.645. The molecule has 2 N–H and O–H groups in total. The van der Waals surface area contributed by atoms with Crippen molar-refractivity contribution in [2.45, 2.75) is 13.1 Å². The first-order valence-electron chi connectivity index (χ1n) is 8.10. The van der Waals surface area contributed by atoms with Gasteiger partial charge in [0.05, 0.1) is 5.56 Å². The standard InChI is InChI=1S/C20H16F3N3O/c1-13-5-2-3-8-17(13)25-16-9-10-24-18(12-16)19(27)26-15-7-4-6-14(11-15)20(21,22)23/h2-12H,1H3,(H,24,25)(H,26,27). The Morgan fingerprint density at radius 2 is 1.74 bits per heavy atom. The van der Waals surface area contributed by atoms with Gasteiger partial charge < -0.3 is 10.6 Å². The summed E-state index contributed by atoms with van der Waals surface area (Å²) in [6, 6.07) is 15.4. The summed E-state index contributed by atoms with van der Waals surface area (Å²) in [7, 11) is 0. The molecular formula is C20H16F3N3O. The van der Waals surface area contributed by atoms with Crippen molar-refractivity contribution < 1.29 is 18.0 Å². The van der Waals surface area contributed by atoms with Gasteiger partial charge in [0.25, 0.3) is 5.91 Å². The van der Waals surface area contributed by atoms with E-state index in [0.29, 0.717) is 5.69 Å². The topological polar surface area (TPSA) is 54.0 Å². The molecule has 1 heterocycles. The first-order valence-corrected chi connectivity index (χ1v) is 8.10. The Balaban J connectivity index is 1.77. The normalized spacial score (nSPS) is 11.1. The average molecular weight is 371 g/mol. The Hall–Kier alpha value is -3.35. The van der Waals surface area contributed by atoms with Gasteiger partial charge in [-0.3, -0.25) is 9.78 Å². The molecule has 0 aliphatic carbocycles. The van der Waals surface area contributed by atoms with Crippen molar-refractivity contribution in [3.05, 3.63) is 83.7 Å². The summed E-state index contributed by atoms with van der Waals surface area (Å²) in [5, 5.41) is 5.64. The van der Waals surface area contributed by atoms with E-state index in [9.17, 15) is 18.0 Å². The van der Waals surface area contributed by atoms with Crippen LogP contribution < -0.4 is 10.6 Å². The highest BCUT2D eigenvalue weighted by atomic mass is 19.4. The molecule has 1 aromatic heterocycles. The van der Waals surface area contributed by atoms with Gasteiger partial charge in [-0.05, 0) is 48.9 Å². The van der Waals surface area contributed by atoms with Gasteiger partial charge in [-0.25, -0.2) is 0 Å². The average Bonchev–Trinajstić information content (AvgIpc) is 2.63. The van der Waals surface area contributed by atoms with E-state index in [1.807, 2.05) is 31.2 Å². The molecule has 0 atom stereocenters. The molecule has 138 valence electrons. The number of amides is 1. The summed E-state index contributed by atoms with van der Waals surface area (Å²) in [6.45, 7) is 1.95. The van der Waals surface area contributed by atoms with E-state index in [2.05, 4.69) is 15.6 Å². The molecule has 7 heteroatoms. The van der Waals surface area contributed by atoms with E-state index < -0.39 is 17.6 Å². The van der Waals surface area contributed by atoms with Crippen LogP contribution in [0.2, 0.25) is 0 Å². The van der Waals surface area contributed by atoms with E-state index in [1.54, 1.807) is 6.07 Å². The molecule has 0 aliphatic rings. The van der Waals surface area contributed by atoms with Crippen molar-refractivity contribution in [3.8, 4) is 0 Å². The molecular weight excluding hydrogens is 355 g/mol. The van der Waals surface area contributed by atoms with Gasteiger partial charge in [0.1, 0.15) is 5.69 Å². The maximum atomic E-state index is 12.8. The Morgan fingerprint density at radius 1 is 0.963 bits per heavy atom. The highest BCUT2D eigenvalue weighted by Crippen LogP contribution is 2.30. The summed E-state index contributed by atoms with van der Waals surface area (Å²) in [5.74, 6) is -0.595. The number of aromatic nitrogens is 1. The van der Waals surface area contributed by atoms with Crippen LogP contribution in [0.5, 0.6) is 0 Å². The molecule has 0 fully saturated rings. The van der Waals surface area contributed by atoms with Crippen molar-refractivity contribution in [2.24, 2.45) is 0 Å². The molecule has 0 unspecified atom stereocenters. The van der Waals surface area contributed by atoms with Gasteiger partial charge in [0.15, 0.2) is 0 Å². The van der Waals surface area contributed by atoms with Crippen LogP contribution in [0, 0.1) is 6.92 Å². The summed E-state index contributed by atoms with van der Waals surface area (Å²) in [4.78, 5) is 16.4. The molecule has 0 aliphatic heterocycles. The molecule has 1 amide bonds. The number of benzene rings is 2. The molecule has 0 radical (unpaired) electrons. The maximum absolute atomic E-state index is 12.8. The smallest absolute Gasteiger partial charge is 0.355 e. The zero-order valence-corrected chi connectivity index (χ0v) is 14.3. The second kappa shape index (κ2) is 7.49. The Morgan fingerprint density at radius 3 is 2.48 bits per heavy atom. The molecule has 0 saturated carbocycles. The van der Waals surface area contributed by atoms with Crippen LogP contribution in [-0.2, 0) is 6.18 Å². The lowest BCUT2D eigenvalue weighted by Gasteiger charge is -2.11. The summed E-state index contributed by atoms with van der Waals surface area (Å²) < 4.78 is 38.4. The van der Waals surface area contributed by atoms with Gasteiger partial charge >= 0.3 is 6.18 Å². The molecule has 4 nitrogen and oxygen atoms in total. The summed E-state index contributed by atoms with van der Waals surface area (Å²) in [5.41, 5.74) is 1.87. The molecule has 0 bridgehead atoms. The van der Waals surface area contributed by atoms with Crippen molar-refractivity contribution in [1.82, 2.24) is 4.98 Å². The predicted molar refractivity (Wildman–Crippen MR) is 98.1 cm³/mol. The number of alkyl halides is 3. The van der Waals surface area contributed by atoms with Crippen LogP contribution in [0.3, 0.4) is 0 Å². The Bertz CT molecular complexity index is 970. The largest absolute Gasteiger partial charge is 0.416 e. The van der Waals surface area contributed by atoms with Gasteiger partial charge in [-0.15, -0.1) is 0 Å². The summed E-state index contributed by atoms with van der Waals surface area (Å²) in [6.07, 6.45) is -3.02. The third-order valence-corrected chi connectivity index (χ3v) is 3.86. The number of nitrogens with one attached hydrogen (secondary N) is 2. The number of carbonyl (C=O) groups is 1. The molecule has 2 aromatic carbocycles. The number of halogens is 3. The number of hydrogen-bond acceptors (Lipinski definition) is 3. The Labute approximate surface area is 154 Å². The van der Waals surface area contributed by atoms with Gasteiger partial charge in [-0.2, -0.15) is 13.2 Å². The zero-order chi connectivity index (χ0) is 19.4. The van der Waals surface area contributed by atoms with Crippen molar-refractivity contribution in [3.63, 3.8) is 0 Å². The van der Waals surface area contributed by atoms with E-state index >= 15 is 0 Å².